The van der Waals surface area contributed by atoms with Gasteiger partial charge in [-0.05, 0) is 24.1 Å². The second-order valence-corrected chi connectivity index (χ2v) is 6.56. The summed E-state index contributed by atoms with van der Waals surface area (Å²) in [6.07, 6.45) is 7.86. The Morgan fingerprint density at radius 3 is 2.92 bits per heavy atom. The Hall–Kier alpha value is -2.38. The number of piperazine rings is 1. The molecule has 25 heavy (non-hydrogen) atoms. The van der Waals surface area contributed by atoms with Gasteiger partial charge in [-0.15, -0.1) is 0 Å². The van der Waals surface area contributed by atoms with E-state index in [-0.39, 0.29) is 12.0 Å². The Kier molecular flexibility index (Phi) is 4.67. The maximum absolute atomic E-state index is 12.6. The molecule has 0 N–H and O–H groups in total. The molecule has 2 aliphatic heterocycles. The fraction of sp³-hybridized carbons (Fsp3) is 0.444. The Labute approximate surface area is 146 Å². The van der Waals surface area contributed by atoms with Crippen LogP contribution in [0.3, 0.4) is 0 Å². The van der Waals surface area contributed by atoms with Crippen LogP contribution in [-0.2, 0) is 11.3 Å². The molecule has 7 nitrogen and oxygen atoms in total. The summed E-state index contributed by atoms with van der Waals surface area (Å²) >= 11 is 0. The average Bonchev–Trinajstić information content (AvgIpc) is 3.09. The monoisotopic (exact) mass is 339 g/mol. The zero-order valence-electron chi connectivity index (χ0n) is 14.0. The number of aromatic nitrogens is 3. The van der Waals surface area contributed by atoms with Crippen LogP contribution >= 0.6 is 0 Å². The predicted octanol–water partition coefficient (Wildman–Crippen LogP) is 0.987. The molecule has 130 valence electrons. The van der Waals surface area contributed by atoms with Crippen molar-refractivity contribution in [2.75, 3.05) is 26.2 Å². The second kappa shape index (κ2) is 7.25. The van der Waals surface area contributed by atoms with Crippen LogP contribution in [0.15, 0.2) is 43.0 Å². The van der Waals surface area contributed by atoms with E-state index in [4.69, 9.17) is 4.74 Å². The number of carbonyl (C=O) groups is 1. The molecule has 2 aromatic rings. The van der Waals surface area contributed by atoms with Crippen LogP contribution < -0.4 is 0 Å². The molecule has 0 bridgehead atoms. The summed E-state index contributed by atoms with van der Waals surface area (Å²) in [6.45, 7) is 3.90. The van der Waals surface area contributed by atoms with Crippen LogP contribution in [0.1, 0.15) is 22.3 Å². The van der Waals surface area contributed by atoms with E-state index < -0.39 is 0 Å². The van der Waals surface area contributed by atoms with Gasteiger partial charge in [0, 0.05) is 44.6 Å². The first kappa shape index (κ1) is 16.1. The van der Waals surface area contributed by atoms with Crippen LogP contribution in [0.25, 0.3) is 0 Å². The maximum atomic E-state index is 12.6. The molecule has 2 aromatic heterocycles. The molecule has 2 fully saturated rings. The van der Waals surface area contributed by atoms with Gasteiger partial charge < -0.3 is 9.64 Å². The molecule has 2 aliphatic rings. The van der Waals surface area contributed by atoms with Crippen LogP contribution in [0.4, 0.5) is 0 Å². The third-order valence-corrected chi connectivity index (χ3v) is 4.90. The lowest BCUT2D eigenvalue weighted by molar-refractivity contribution is 0.0450. The molecule has 0 unspecified atom stereocenters. The number of ether oxygens (including phenoxy) is 1. The number of hydrogen-bond acceptors (Lipinski definition) is 6. The quantitative estimate of drug-likeness (QED) is 0.827. The first-order valence-corrected chi connectivity index (χ1v) is 8.60. The molecular formula is C18H21N5O2. The summed E-state index contributed by atoms with van der Waals surface area (Å²) in [7, 11) is 0. The fourth-order valence-corrected chi connectivity index (χ4v) is 3.60. The predicted molar refractivity (Wildman–Crippen MR) is 90.7 cm³/mol. The van der Waals surface area contributed by atoms with E-state index in [9.17, 15) is 4.79 Å². The number of amides is 1. The minimum Gasteiger partial charge on any atom is -0.372 e. The topological polar surface area (TPSA) is 71.5 Å². The minimum absolute atomic E-state index is 0.0364. The van der Waals surface area contributed by atoms with E-state index in [1.165, 1.54) is 6.20 Å². The molecule has 2 saturated heterocycles. The van der Waals surface area contributed by atoms with E-state index >= 15 is 0 Å². The maximum Gasteiger partial charge on any atom is 0.255 e. The summed E-state index contributed by atoms with van der Waals surface area (Å²) in [6, 6.07) is 6.04. The van der Waals surface area contributed by atoms with Crippen molar-refractivity contribution in [1.82, 2.24) is 25.0 Å². The van der Waals surface area contributed by atoms with Crippen molar-refractivity contribution in [2.45, 2.75) is 25.2 Å². The number of rotatable bonds is 4. The lowest BCUT2D eigenvalue weighted by atomic mass is 10.1. The molecule has 0 aromatic carbocycles. The summed E-state index contributed by atoms with van der Waals surface area (Å²) in [5.41, 5.74) is 1.69. The van der Waals surface area contributed by atoms with Crippen molar-refractivity contribution in [1.29, 1.82) is 0 Å². The fourth-order valence-electron chi connectivity index (χ4n) is 3.60. The second-order valence-electron chi connectivity index (χ2n) is 6.56. The van der Waals surface area contributed by atoms with E-state index in [0.29, 0.717) is 18.2 Å². The first-order valence-electron chi connectivity index (χ1n) is 8.60. The molecule has 0 aliphatic carbocycles. The number of nitrogens with zero attached hydrogens (tertiary/aromatic N) is 5. The van der Waals surface area contributed by atoms with E-state index in [1.807, 2.05) is 23.2 Å². The molecule has 0 saturated carbocycles. The van der Waals surface area contributed by atoms with Gasteiger partial charge in [0.15, 0.2) is 0 Å². The number of carbonyl (C=O) groups excluding carboxylic acids is 1. The molecule has 4 rings (SSSR count). The summed E-state index contributed by atoms with van der Waals surface area (Å²) in [5.74, 6) is 0.0364. The third kappa shape index (κ3) is 3.67. The smallest absolute Gasteiger partial charge is 0.255 e. The van der Waals surface area contributed by atoms with Crippen molar-refractivity contribution in [3.8, 4) is 0 Å². The van der Waals surface area contributed by atoms with Crippen LogP contribution in [-0.4, -0.2) is 69.2 Å². The highest BCUT2D eigenvalue weighted by molar-refractivity contribution is 5.93. The van der Waals surface area contributed by atoms with Crippen LogP contribution in [0.2, 0.25) is 0 Å². The van der Waals surface area contributed by atoms with Crippen LogP contribution in [0.5, 0.6) is 0 Å². The summed E-state index contributed by atoms with van der Waals surface area (Å²) in [4.78, 5) is 21.0. The molecule has 0 spiro atoms. The van der Waals surface area contributed by atoms with Crippen molar-refractivity contribution in [3.05, 3.63) is 54.1 Å². The number of pyridine rings is 1. The molecule has 0 radical (unpaired) electrons. The first-order chi connectivity index (χ1) is 12.3. The van der Waals surface area contributed by atoms with Gasteiger partial charge in [0.05, 0.1) is 30.7 Å². The average molecular weight is 339 g/mol. The molecule has 2 atom stereocenters. The minimum atomic E-state index is 0.0364. The zero-order valence-corrected chi connectivity index (χ0v) is 14.0. The molecular weight excluding hydrogens is 318 g/mol. The SMILES string of the molecule is O=C(c1ccnnc1)N1CCN2C[C@H](OCc3cccnc3)C[C@H]2C1. The van der Waals surface area contributed by atoms with Gasteiger partial charge in [-0.25, -0.2) is 0 Å². The molecule has 7 heteroatoms. The van der Waals surface area contributed by atoms with E-state index in [0.717, 1.165) is 38.2 Å². The van der Waals surface area contributed by atoms with E-state index in [1.54, 1.807) is 18.5 Å². The Morgan fingerprint density at radius 2 is 2.12 bits per heavy atom. The normalized spacial score (nSPS) is 23.4. The Bertz CT molecular complexity index is 712. The Morgan fingerprint density at radius 1 is 1.16 bits per heavy atom. The highest BCUT2D eigenvalue weighted by Gasteiger charge is 2.38. The largest absolute Gasteiger partial charge is 0.372 e. The summed E-state index contributed by atoms with van der Waals surface area (Å²) in [5, 5.41) is 7.53. The summed E-state index contributed by atoms with van der Waals surface area (Å²) < 4.78 is 6.06. The number of hydrogen-bond donors (Lipinski definition) is 0. The van der Waals surface area contributed by atoms with E-state index in [2.05, 4.69) is 20.1 Å². The zero-order chi connectivity index (χ0) is 17.1. The highest BCUT2D eigenvalue weighted by atomic mass is 16.5. The van der Waals surface area contributed by atoms with Gasteiger partial charge in [0.25, 0.3) is 5.91 Å². The van der Waals surface area contributed by atoms with Crippen LogP contribution in [0, 0.1) is 0 Å². The van der Waals surface area contributed by atoms with Gasteiger partial charge in [-0.1, -0.05) is 6.07 Å². The van der Waals surface area contributed by atoms with Gasteiger partial charge in [-0.2, -0.15) is 10.2 Å². The Balaban J connectivity index is 1.32. The van der Waals surface area contributed by atoms with Gasteiger partial charge >= 0.3 is 0 Å². The molecule has 1 amide bonds. The lowest BCUT2D eigenvalue weighted by Gasteiger charge is -2.37. The van der Waals surface area contributed by atoms with Gasteiger partial charge in [0.1, 0.15) is 0 Å². The van der Waals surface area contributed by atoms with Crippen molar-refractivity contribution < 1.29 is 9.53 Å². The van der Waals surface area contributed by atoms with Gasteiger partial charge in [-0.3, -0.25) is 14.7 Å². The third-order valence-electron chi connectivity index (χ3n) is 4.90. The lowest BCUT2D eigenvalue weighted by Crippen LogP contribution is -2.52. The molecule has 4 heterocycles. The highest BCUT2D eigenvalue weighted by Crippen LogP contribution is 2.25. The van der Waals surface area contributed by atoms with Crippen molar-refractivity contribution in [2.24, 2.45) is 0 Å². The standard InChI is InChI=1S/C18H21N5O2/c24-18(15-3-5-20-21-10-15)23-7-6-22-12-17(8-16(22)11-23)25-13-14-2-1-4-19-9-14/h1-5,9-10,16-17H,6-8,11-13H2/t16-,17+/m0/s1. The van der Waals surface area contributed by atoms with Crippen molar-refractivity contribution in [3.63, 3.8) is 0 Å². The van der Waals surface area contributed by atoms with Crippen molar-refractivity contribution >= 4 is 5.91 Å². The van der Waals surface area contributed by atoms with Gasteiger partial charge in [0.2, 0.25) is 0 Å². The number of fused-ring (bicyclic) bond motifs is 1.